The summed E-state index contributed by atoms with van der Waals surface area (Å²) in [5.41, 5.74) is 2.29. The van der Waals surface area contributed by atoms with Gasteiger partial charge in [0.2, 0.25) is 0 Å². The highest BCUT2D eigenvalue weighted by atomic mass is 32.2. The second-order valence-electron chi connectivity index (χ2n) is 5.69. The summed E-state index contributed by atoms with van der Waals surface area (Å²) >= 11 is 2.06. The maximum atomic E-state index is 5.77. The SMILES string of the molecule is CN(Cc1ccc(OCc2ccccn2)cc1)[C@@H]1CCSC1. The first-order valence-corrected chi connectivity index (χ1v) is 8.86. The third-order valence-electron chi connectivity index (χ3n) is 4.00. The number of hydrogen-bond acceptors (Lipinski definition) is 4. The van der Waals surface area contributed by atoms with Crippen LogP contribution in [0.25, 0.3) is 0 Å². The van der Waals surface area contributed by atoms with Gasteiger partial charge in [0.25, 0.3) is 0 Å². The van der Waals surface area contributed by atoms with Crippen LogP contribution in [0.5, 0.6) is 5.75 Å². The van der Waals surface area contributed by atoms with Crippen molar-refractivity contribution in [3.05, 3.63) is 59.9 Å². The van der Waals surface area contributed by atoms with Gasteiger partial charge in [0.1, 0.15) is 12.4 Å². The first-order chi connectivity index (χ1) is 10.8. The van der Waals surface area contributed by atoms with Crippen LogP contribution in [-0.2, 0) is 13.2 Å². The van der Waals surface area contributed by atoms with E-state index in [1.54, 1.807) is 6.20 Å². The lowest BCUT2D eigenvalue weighted by atomic mass is 10.1. The smallest absolute Gasteiger partial charge is 0.130 e. The van der Waals surface area contributed by atoms with Gasteiger partial charge in [-0.1, -0.05) is 18.2 Å². The zero-order chi connectivity index (χ0) is 15.2. The Hall–Kier alpha value is -1.52. The van der Waals surface area contributed by atoms with E-state index in [1.165, 1.54) is 23.5 Å². The van der Waals surface area contributed by atoms with Crippen LogP contribution in [0.3, 0.4) is 0 Å². The van der Waals surface area contributed by atoms with Gasteiger partial charge in [-0.05, 0) is 49.1 Å². The van der Waals surface area contributed by atoms with Crippen molar-refractivity contribution in [2.24, 2.45) is 0 Å². The van der Waals surface area contributed by atoms with Gasteiger partial charge in [-0.2, -0.15) is 11.8 Å². The molecule has 1 aromatic heterocycles. The summed E-state index contributed by atoms with van der Waals surface area (Å²) in [5.74, 6) is 3.46. The second-order valence-corrected chi connectivity index (χ2v) is 6.84. The molecule has 0 amide bonds. The molecule has 1 aliphatic rings. The first kappa shape index (κ1) is 15.4. The van der Waals surface area contributed by atoms with E-state index in [-0.39, 0.29) is 0 Å². The molecule has 116 valence electrons. The topological polar surface area (TPSA) is 25.4 Å². The van der Waals surface area contributed by atoms with Crippen molar-refractivity contribution in [2.45, 2.75) is 25.6 Å². The normalized spacial score (nSPS) is 17.8. The number of rotatable bonds is 6. The molecule has 1 aromatic carbocycles. The van der Waals surface area contributed by atoms with Gasteiger partial charge in [0.15, 0.2) is 0 Å². The number of nitrogens with zero attached hydrogens (tertiary/aromatic N) is 2. The zero-order valence-corrected chi connectivity index (χ0v) is 13.8. The molecule has 0 N–H and O–H groups in total. The first-order valence-electron chi connectivity index (χ1n) is 7.71. The van der Waals surface area contributed by atoms with Gasteiger partial charge in [0, 0.05) is 24.5 Å². The lowest BCUT2D eigenvalue weighted by Gasteiger charge is -2.23. The molecule has 0 aliphatic carbocycles. The van der Waals surface area contributed by atoms with Crippen LogP contribution in [0.4, 0.5) is 0 Å². The van der Waals surface area contributed by atoms with Crippen LogP contribution in [0.2, 0.25) is 0 Å². The molecule has 3 rings (SSSR count). The molecule has 0 bridgehead atoms. The van der Waals surface area contributed by atoms with Gasteiger partial charge >= 0.3 is 0 Å². The van der Waals surface area contributed by atoms with E-state index in [2.05, 4.69) is 53.0 Å². The van der Waals surface area contributed by atoms with Gasteiger partial charge < -0.3 is 4.74 Å². The predicted molar refractivity (Wildman–Crippen MR) is 92.2 cm³/mol. The van der Waals surface area contributed by atoms with E-state index in [1.807, 2.05) is 18.2 Å². The van der Waals surface area contributed by atoms with Crippen molar-refractivity contribution in [3.63, 3.8) is 0 Å². The zero-order valence-electron chi connectivity index (χ0n) is 12.9. The predicted octanol–water partition coefficient (Wildman–Crippen LogP) is 3.60. The van der Waals surface area contributed by atoms with Crippen LogP contribution in [-0.4, -0.2) is 34.5 Å². The second kappa shape index (κ2) is 7.65. The minimum atomic E-state index is 0.513. The van der Waals surface area contributed by atoms with Crippen molar-refractivity contribution in [2.75, 3.05) is 18.6 Å². The Kier molecular flexibility index (Phi) is 5.35. The van der Waals surface area contributed by atoms with Crippen molar-refractivity contribution < 1.29 is 4.74 Å². The summed E-state index contributed by atoms with van der Waals surface area (Å²) in [6.45, 7) is 1.52. The third-order valence-corrected chi connectivity index (χ3v) is 5.14. The fourth-order valence-corrected chi connectivity index (χ4v) is 3.92. The quantitative estimate of drug-likeness (QED) is 0.813. The molecule has 0 radical (unpaired) electrons. The van der Waals surface area contributed by atoms with Crippen molar-refractivity contribution in [1.82, 2.24) is 9.88 Å². The third kappa shape index (κ3) is 4.24. The molecule has 2 aromatic rings. The maximum Gasteiger partial charge on any atom is 0.130 e. The van der Waals surface area contributed by atoms with Gasteiger partial charge in [-0.3, -0.25) is 9.88 Å². The lowest BCUT2D eigenvalue weighted by molar-refractivity contribution is 0.254. The number of thioether (sulfide) groups is 1. The number of hydrogen-bond donors (Lipinski definition) is 0. The van der Waals surface area contributed by atoms with E-state index in [0.717, 1.165) is 24.0 Å². The summed E-state index contributed by atoms with van der Waals surface area (Å²) < 4.78 is 5.77. The minimum absolute atomic E-state index is 0.513. The molecule has 22 heavy (non-hydrogen) atoms. The summed E-state index contributed by atoms with van der Waals surface area (Å²) in [5, 5.41) is 0. The Bertz CT molecular complexity index is 567. The molecule has 1 fully saturated rings. The van der Waals surface area contributed by atoms with Crippen LogP contribution < -0.4 is 4.74 Å². The molecular weight excluding hydrogens is 292 g/mol. The number of pyridine rings is 1. The van der Waals surface area contributed by atoms with Crippen LogP contribution in [0.1, 0.15) is 17.7 Å². The molecule has 2 heterocycles. The molecule has 4 heteroatoms. The molecule has 1 aliphatic heterocycles. The fourth-order valence-electron chi connectivity index (χ4n) is 2.62. The highest BCUT2D eigenvalue weighted by molar-refractivity contribution is 7.99. The highest BCUT2D eigenvalue weighted by Crippen LogP contribution is 2.23. The van der Waals surface area contributed by atoms with Gasteiger partial charge in [0.05, 0.1) is 5.69 Å². The maximum absolute atomic E-state index is 5.77. The summed E-state index contributed by atoms with van der Waals surface area (Å²) in [6.07, 6.45) is 3.10. The molecule has 1 saturated heterocycles. The Morgan fingerprint density at radius 3 is 2.77 bits per heavy atom. The summed E-state index contributed by atoms with van der Waals surface area (Å²) in [7, 11) is 2.22. The highest BCUT2D eigenvalue weighted by Gasteiger charge is 2.19. The monoisotopic (exact) mass is 314 g/mol. The van der Waals surface area contributed by atoms with Crippen LogP contribution in [0.15, 0.2) is 48.7 Å². The molecule has 0 saturated carbocycles. The molecule has 3 nitrogen and oxygen atoms in total. The standard InChI is InChI=1S/C18H22N2OS/c1-20(17-9-11-22-14-17)12-15-5-7-18(8-6-15)21-13-16-4-2-3-10-19-16/h2-8,10,17H,9,11-14H2,1H3/t17-/m1/s1. The lowest BCUT2D eigenvalue weighted by Crippen LogP contribution is -2.30. The summed E-state index contributed by atoms with van der Waals surface area (Å²) in [4.78, 5) is 6.72. The number of benzene rings is 1. The number of aromatic nitrogens is 1. The van der Waals surface area contributed by atoms with E-state index in [4.69, 9.17) is 4.74 Å². The Morgan fingerprint density at radius 2 is 2.09 bits per heavy atom. The fraction of sp³-hybridized carbons (Fsp3) is 0.389. The van der Waals surface area contributed by atoms with Crippen molar-refractivity contribution in [3.8, 4) is 5.75 Å². The average Bonchev–Trinajstić information content (AvgIpc) is 3.10. The largest absolute Gasteiger partial charge is 0.487 e. The molecule has 0 unspecified atom stereocenters. The summed E-state index contributed by atoms with van der Waals surface area (Å²) in [6, 6.07) is 15.0. The van der Waals surface area contributed by atoms with E-state index in [9.17, 15) is 0 Å². The van der Waals surface area contributed by atoms with E-state index in [0.29, 0.717) is 6.61 Å². The molecule has 0 spiro atoms. The van der Waals surface area contributed by atoms with Gasteiger partial charge in [-0.25, -0.2) is 0 Å². The molecular formula is C18H22N2OS. The van der Waals surface area contributed by atoms with Crippen molar-refractivity contribution >= 4 is 11.8 Å². The Labute approximate surface area is 136 Å². The van der Waals surface area contributed by atoms with E-state index < -0.39 is 0 Å². The van der Waals surface area contributed by atoms with E-state index >= 15 is 0 Å². The number of ether oxygens (including phenoxy) is 1. The van der Waals surface area contributed by atoms with Crippen molar-refractivity contribution in [1.29, 1.82) is 0 Å². The van der Waals surface area contributed by atoms with Crippen LogP contribution >= 0.6 is 11.8 Å². The van der Waals surface area contributed by atoms with Crippen LogP contribution in [0, 0.1) is 0 Å². The Morgan fingerprint density at radius 1 is 1.23 bits per heavy atom. The minimum Gasteiger partial charge on any atom is -0.487 e. The molecule has 1 atom stereocenters. The Balaban J connectivity index is 1.51. The van der Waals surface area contributed by atoms with Gasteiger partial charge in [-0.15, -0.1) is 0 Å². The average molecular weight is 314 g/mol.